The maximum atomic E-state index is 5.97. The van der Waals surface area contributed by atoms with E-state index in [1.54, 1.807) is 12.1 Å². The van der Waals surface area contributed by atoms with Crippen molar-refractivity contribution in [1.82, 2.24) is 10.1 Å². The van der Waals surface area contributed by atoms with Crippen molar-refractivity contribution in [2.75, 3.05) is 5.73 Å². The van der Waals surface area contributed by atoms with Gasteiger partial charge in [0.15, 0.2) is 0 Å². The topological polar surface area (TPSA) is 64.9 Å². The molecule has 6 heteroatoms. The molecule has 0 amide bonds. The summed E-state index contributed by atoms with van der Waals surface area (Å²) >= 11 is 7.34. The van der Waals surface area contributed by atoms with Gasteiger partial charge in [0.2, 0.25) is 5.82 Å². The number of hydrogen-bond acceptors (Lipinski definition) is 5. The molecule has 1 aromatic carbocycles. The van der Waals surface area contributed by atoms with Crippen LogP contribution in [0.4, 0.5) is 5.69 Å². The molecule has 0 spiro atoms. The zero-order valence-corrected chi connectivity index (χ0v) is 11.6. The highest BCUT2D eigenvalue weighted by molar-refractivity contribution is 7.14. The van der Waals surface area contributed by atoms with E-state index < -0.39 is 0 Å². The fraction of sp³-hybridized carbons (Fsp3) is 0.0769. The second-order valence-electron chi connectivity index (χ2n) is 4.09. The Morgan fingerprint density at radius 1 is 1.26 bits per heavy atom. The first-order chi connectivity index (χ1) is 9.15. The Morgan fingerprint density at radius 3 is 2.63 bits per heavy atom. The first kappa shape index (κ1) is 12.2. The fourth-order valence-corrected chi connectivity index (χ4v) is 2.67. The van der Waals surface area contributed by atoms with Crippen molar-refractivity contribution >= 4 is 28.6 Å². The van der Waals surface area contributed by atoms with Gasteiger partial charge < -0.3 is 10.3 Å². The van der Waals surface area contributed by atoms with Gasteiger partial charge in [-0.1, -0.05) is 16.8 Å². The van der Waals surface area contributed by atoms with Gasteiger partial charge in [0.25, 0.3) is 5.89 Å². The lowest BCUT2D eigenvalue weighted by molar-refractivity contribution is 0.433. The second kappa shape index (κ2) is 4.68. The molecule has 2 N–H and O–H groups in total. The summed E-state index contributed by atoms with van der Waals surface area (Å²) in [5.41, 5.74) is 8.53. The van der Waals surface area contributed by atoms with E-state index in [4.69, 9.17) is 21.9 Å². The number of halogens is 1. The number of benzene rings is 1. The molecule has 3 aromatic rings. The van der Waals surface area contributed by atoms with E-state index in [1.165, 1.54) is 11.3 Å². The summed E-state index contributed by atoms with van der Waals surface area (Å²) in [5.74, 6) is 0.970. The average Bonchev–Trinajstić information content (AvgIpc) is 2.99. The van der Waals surface area contributed by atoms with Crippen molar-refractivity contribution < 1.29 is 4.52 Å². The predicted octanol–water partition coefficient (Wildman–Crippen LogP) is 4.01. The van der Waals surface area contributed by atoms with E-state index in [0.29, 0.717) is 22.4 Å². The number of nitrogens with zero attached hydrogens (tertiary/aromatic N) is 2. The van der Waals surface area contributed by atoms with Crippen LogP contribution in [0.15, 0.2) is 34.2 Å². The molecular formula is C13H10ClN3OS. The van der Waals surface area contributed by atoms with Gasteiger partial charge in [-0.05, 0) is 42.1 Å². The van der Waals surface area contributed by atoms with Gasteiger partial charge in [-0.2, -0.15) is 4.98 Å². The molecule has 96 valence electrons. The number of nitrogen functional groups attached to an aromatic ring is 1. The molecule has 4 nitrogen and oxygen atoms in total. The minimum atomic E-state index is 0.445. The number of anilines is 1. The van der Waals surface area contributed by atoms with Gasteiger partial charge in [-0.25, -0.2) is 0 Å². The lowest BCUT2D eigenvalue weighted by atomic mass is 10.2. The maximum absolute atomic E-state index is 5.97. The summed E-state index contributed by atoms with van der Waals surface area (Å²) in [4.78, 5) is 5.17. The zero-order valence-electron chi connectivity index (χ0n) is 10.1. The molecule has 2 heterocycles. The Balaban J connectivity index is 2.00. The molecule has 0 bridgehead atoms. The lowest BCUT2D eigenvalue weighted by Crippen LogP contribution is -1.87. The highest BCUT2D eigenvalue weighted by atomic mass is 35.5. The Morgan fingerprint density at radius 2 is 2.00 bits per heavy atom. The van der Waals surface area contributed by atoms with Crippen LogP contribution in [0.3, 0.4) is 0 Å². The van der Waals surface area contributed by atoms with Gasteiger partial charge in [0, 0.05) is 10.6 Å². The van der Waals surface area contributed by atoms with Gasteiger partial charge in [-0.3, -0.25) is 0 Å². The summed E-state index contributed by atoms with van der Waals surface area (Å²) in [6.07, 6.45) is 0. The van der Waals surface area contributed by atoms with E-state index in [1.807, 2.05) is 24.4 Å². The van der Waals surface area contributed by atoms with Crippen molar-refractivity contribution in [2.24, 2.45) is 0 Å². The second-order valence-corrected chi connectivity index (χ2v) is 5.41. The monoisotopic (exact) mass is 291 g/mol. The molecule has 0 fully saturated rings. The molecule has 0 atom stereocenters. The molecule has 0 unspecified atom stereocenters. The molecular weight excluding hydrogens is 282 g/mol. The van der Waals surface area contributed by atoms with E-state index in [-0.39, 0.29) is 0 Å². The highest BCUT2D eigenvalue weighted by Gasteiger charge is 2.15. The van der Waals surface area contributed by atoms with Crippen LogP contribution in [0.2, 0.25) is 5.02 Å². The standard InChI is InChI=1S/C13H10ClN3OS/c1-7-6-19-11(10(7)15)13-16-12(17-18-13)8-2-4-9(14)5-3-8/h2-6H,15H2,1H3. The maximum Gasteiger partial charge on any atom is 0.270 e. The summed E-state index contributed by atoms with van der Waals surface area (Å²) in [6, 6.07) is 7.27. The van der Waals surface area contributed by atoms with Crippen molar-refractivity contribution in [3.05, 3.63) is 40.2 Å². The van der Waals surface area contributed by atoms with Crippen molar-refractivity contribution in [2.45, 2.75) is 6.92 Å². The number of nitrogens with two attached hydrogens (primary N) is 1. The Hall–Kier alpha value is -1.85. The van der Waals surface area contributed by atoms with Crippen molar-refractivity contribution in [1.29, 1.82) is 0 Å². The highest BCUT2D eigenvalue weighted by Crippen LogP contribution is 2.34. The fourth-order valence-electron chi connectivity index (χ4n) is 1.65. The summed E-state index contributed by atoms with van der Waals surface area (Å²) in [5, 5.41) is 6.61. The van der Waals surface area contributed by atoms with Gasteiger partial charge in [0.05, 0.1) is 5.69 Å². The normalized spacial score (nSPS) is 10.8. The van der Waals surface area contributed by atoms with Gasteiger partial charge in [0.1, 0.15) is 4.88 Å². The van der Waals surface area contributed by atoms with Crippen LogP contribution in [-0.4, -0.2) is 10.1 Å². The molecule has 3 rings (SSSR count). The van der Waals surface area contributed by atoms with E-state index in [2.05, 4.69) is 10.1 Å². The van der Waals surface area contributed by atoms with Gasteiger partial charge in [-0.15, -0.1) is 11.3 Å². The van der Waals surface area contributed by atoms with Crippen molar-refractivity contribution in [3.63, 3.8) is 0 Å². The Kier molecular flexibility index (Phi) is 3.00. The molecule has 0 radical (unpaired) electrons. The third-order valence-corrected chi connectivity index (χ3v) is 4.10. The van der Waals surface area contributed by atoms with Crippen molar-refractivity contribution in [3.8, 4) is 22.2 Å². The number of hydrogen-bond donors (Lipinski definition) is 1. The largest absolute Gasteiger partial charge is 0.397 e. The molecule has 0 aliphatic rings. The average molecular weight is 292 g/mol. The predicted molar refractivity (Wildman–Crippen MR) is 77.2 cm³/mol. The molecule has 0 aliphatic carbocycles. The lowest BCUT2D eigenvalue weighted by Gasteiger charge is -1.94. The molecule has 0 saturated carbocycles. The van der Waals surface area contributed by atoms with Crippen LogP contribution in [0.5, 0.6) is 0 Å². The number of aryl methyl sites for hydroxylation is 1. The van der Waals surface area contributed by atoms with Crippen LogP contribution in [0, 0.1) is 6.92 Å². The molecule has 2 aromatic heterocycles. The summed E-state index contributed by atoms with van der Waals surface area (Å²) in [6.45, 7) is 1.95. The van der Waals surface area contributed by atoms with Crippen LogP contribution < -0.4 is 5.73 Å². The first-order valence-corrected chi connectivity index (χ1v) is 6.84. The molecule has 0 aliphatic heterocycles. The first-order valence-electron chi connectivity index (χ1n) is 5.59. The third-order valence-electron chi connectivity index (χ3n) is 2.75. The quantitative estimate of drug-likeness (QED) is 0.775. The Labute approximate surface area is 118 Å². The number of aromatic nitrogens is 2. The summed E-state index contributed by atoms with van der Waals surface area (Å²) in [7, 11) is 0. The van der Waals surface area contributed by atoms with E-state index >= 15 is 0 Å². The van der Waals surface area contributed by atoms with E-state index in [0.717, 1.165) is 16.0 Å². The summed E-state index contributed by atoms with van der Waals surface area (Å²) < 4.78 is 5.27. The SMILES string of the molecule is Cc1csc(-c2nc(-c3ccc(Cl)cc3)no2)c1N. The minimum absolute atomic E-state index is 0.445. The molecule has 0 saturated heterocycles. The van der Waals surface area contributed by atoms with E-state index in [9.17, 15) is 0 Å². The van der Waals surface area contributed by atoms with Crippen LogP contribution in [0.25, 0.3) is 22.2 Å². The zero-order chi connectivity index (χ0) is 13.4. The minimum Gasteiger partial charge on any atom is -0.397 e. The van der Waals surface area contributed by atoms with Gasteiger partial charge >= 0.3 is 0 Å². The Bertz CT molecular complexity index is 718. The smallest absolute Gasteiger partial charge is 0.270 e. The number of rotatable bonds is 2. The molecule has 19 heavy (non-hydrogen) atoms. The van der Waals surface area contributed by atoms with Crippen LogP contribution >= 0.6 is 22.9 Å². The third kappa shape index (κ3) is 2.22. The van der Waals surface area contributed by atoms with Crippen LogP contribution in [0.1, 0.15) is 5.56 Å². The van der Waals surface area contributed by atoms with Crippen LogP contribution in [-0.2, 0) is 0 Å². The number of thiophene rings is 1.